The van der Waals surface area contributed by atoms with Crippen molar-refractivity contribution in [3.05, 3.63) is 35.9 Å². The van der Waals surface area contributed by atoms with Crippen LogP contribution < -0.4 is 5.32 Å². The highest BCUT2D eigenvalue weighted by Crippen LogP contribution is 2.30. The van der Waals surface area contributed by atoms with Crippen LogP contribution in [0.15, 0.2) is 30.3 Å². The van der Waals surface area contributed by atoms with Crippen LogP contribution in [0.25, 0.3) is 0 Å². The minimum absolute atomic E-state index is 0.0887. The van der Waals surface area contributed by atoms with Gasteiger partial charge in [0.15, 0.2) is 0 Å². The zero-order chi connectivity index (χ0) is 14.4. The Labute approximate surface area is 126 Å². The van der Waals surface area contributed by atoms with Crippen molar-refractivity contribution < 1.29 is 4.79 Å². The van der Waals surface area contributed by atoms with Crippen LogP contribution >= 0.6 is 11.6 Å². The van der Waals surface area contributed by atoms with Crippen molar-refractivity contribution in [3.63, 3.8) is 0 Å². The first-order valence-corrected chi connectivity index (χ1v) is 8.14. The third-order valence-electron chi connectivity index (χ3n) is 4.50. The molecule has 0 bridgehead atoms. The van der Waals surface area contributed by atoms with E-state index in [0.29, 0.717) is 11.8 Å². The van der Waals surface area contributed by atoms with Crippen LogP contribution in [-0.2, 0) is 4.79 Å². The minimum Gasteiger partial charge on any atom is -0.355 e. The Morgan fingerprint density at radius 2 is 1.90 bits per heavy atom. The highest BCUT2D eigenvalue weighted by atomic mass is 35.5. The van der Waals surface area contributed by atoms with Crippen LogP contribution in [0.3, 0.4) is 0 Å². The zero-order valence-electron chi connectivity index (χ0n) is 12.1. The largest absolute Gasteiger partial charge is 0.355 e. The second-order valence-electron chi connectivity index (χ2n) is 5.84. The van der Waals surface area contributed by atoms with E-state index in [1.807, 2.05) is 37.3 Å². The molecule has 0 aliphatic heterocycles. The van der Waals surface area contributed by atoms with E-state index in [2.05, 4.69) is 5.32 Å². The molecule has 3 atom stereocenters. The van der Waals surface area contributed by atoms with Gasteiger partial charge in [0.05, 0.1) is 5.92 Å². The van der Waals surface area contributed by atoms with Crippen LogP contribution in [0.2, 0.25) is 0 Å². The summed E-state index contributed by atoms with van der Waals surface area (Å²) in [4.78, 5) is 12.2. The third-order valence-corrected chi connectivity index (χ3v) is 4.89. The number of carbonyl (C=O) groups excluding carboxylic acids is 1. The first-order chi connectivity index (χ1) is 9.72. The van der Waals surface area contributed by atoms with Crippen molar-refractivity contribution >= 4 is 17.5 Å². The molecule has 1 aromatic carbocycles. The average molecular weight is 294 g/mol. The molecule has 0 saturated heterocycles. The van der Waals surface area contributed by atoms with Gasteiger partial charge in [-0.3, -0.25) is 4.79 Å². The molecule has 1 saturated carbocycles. The number of carbonyl (C=O) groups is 1. The Balaban J connectivity index is 1.85. The first-order valence-electron chi connectivity index (χ1n) is 7.61. The summed E-state index contributed by atoms with van der Waals surface area (Å²) in [6.45, 7) is 2.73. The van der Waals surface area contributed by atoms with E-state index in [4.69, 9.17) is 11.6 Å². The Bertz CT molecular complexity index is 420. The summed E-state index contributed by atoms with van der Waals surface area (Å²) in [6.07, 6.45) is 4.94. The molecule has 0 heterocycles. The fourth-order valence-corrected chi connectivity index (χ4v) is 3.44. The van der Waals surface area contributed by atoms with Crippen LogP contribution in [0.1, 0.15) is 44.1 Å². The molecule has 1 aromatic rings. The van der Waals surface area contributed by atoms with E-state index in [1.54, 1.807) is 0 Å². The second kappa shape index (κ2) is 7.68. The van der Waals surface area contributed by atoms with Crippen molar-refractivity contribution in [2.75, 3.05) is 12.4 Å². The van der Waals surface area contributed by atoms with Gasteiger partial charge in [-0.25, -0.2) is 0 Å². The fraction of sp³-hybridized carbons (Fsp3) is 0.588. The van der Waals surface area contributed by atoms with Crippen LogP contribution in [0, 0.1) is 11.8 Å². The van der Waals surface area contributed by atoms with Gasteiger partial charge >= 0.3 is 0 Å². The number of benzene rings is 1. The molecule has 1 N–H and O–H groups in total. The topological polar surface area (TPSA) is 29.1 Å². The highest BCUT2D eigenvalue weighted by Gasteiger charge is 2.25. The highest BCUT2D eigenvalue weighted by molar-refractivity contribution is 6.18. The maximum absolute atomic E-state index is 12.2. The summed E-state index contributed by atoms with van der Waals surface area (Å²) < 4.78 is 0. The lowest BCUT2D eigenvalue weighted by Crippen LogP contribution is -2.36. The molecule has 1 aliphatic rings. The number of rotatable bonds is 5. The number of amides is 1. The molecule has 0 spiro atoms. The Morgan fingerprint density at radius 1 is 1.25 bits per heavy atom. The van der Waals surface area contributed by atoms with Crippen LogP contribution in [0.4, 0.5) is 0 Å². The third kappa shape index (κ3) is 3.99. The summed E-state index contributed by atoms with van der Waals surface area (Å²) in [6, 6.07) is 9.94. The molecule has 2 nitrogen and oxygen atoms in total. The average Bonchev–Trinajstić information content (AvgIpc) is 2.53. The molecule has 3 heteroatoms. The zero-order valence-corrected chi connectivity index (χ0v) is 12.9. The van der Waals surface area contributed by atoms with Crippen LogP contribution in [-0.4, -0.2) is 18.3 Å². The molecule has 1 fully saturated rings. The molecule has 110 valence electrons. The summed E-state index contributed by atoms with van der Waals surface area (Å²) in [5, 5.41) is 3.12. The second-order valence-corrected chi connectivity index (χ2v) is 6.15. The summed E-state index contributed by atoms with van der Waals surface area (Å²) in [7, 11) is 0. The molecule has 2 rings (SSSR count). The van der Waals surface area contributed by atoms with Gasteiger partial charge in [-0.05, 0) is 37.2 Å². The fourth-order valence-electron chi connectivity index (χ4n) is 3.03. The van der Waals surface area contributed by atoms with Gasteiger partial charge in [0.25, 0.3) is 0 Å². The Hall–Kier alpha value is -1.02. The Kier molecular flexibility index (Phi) is 5.90. The van der Waals surface area contributed by atoms with Gasteiger partial charge in [-0.2, -0.15) is 0 Å². The smallest absolute Gasteiger partial charge is 0.227 e. The van der Waals surface area contributed by atoms with Crippen molar-refractivity contribution in [1.29, 1.82) is 0 Å². The van der Waals surface area contributed by atoms with Gasteiger partial charge in [-0.1, -0.05) is 43.2 Å². The van der Waals surface area contributed by atoms with E-state index in [0.717, 1.165) is 18.0 Å². The van der Waals surface area contributed by atoms with Gasteiger partial charge in [0.2, 0.25) is 5.91 Å². The quantitative estimate of drug-likeness (QED) is 0.818. The minimum atomic E-state index is -0.0887. The van der Waals surface area contributed by atoms with E-state index in [9.17, 15) is 4.79 Å². The van der Waals surface area contributed by atoms with Crippen molar-refractivity contribution in [3.8, 4) is 0 Å². The molecule has 1 aliphatic carbocycles. The van der Waals surface area contributed by atoms with E-state index in [-0.39, 0.29) is 11.8 Å². The monoisotopic (exact) mass is 293 g/mol. The summed E-state index contributed by atoms with van der Waals surface area (Å²) in [5.41, 5.74) is 1.07. The Morgan fingerprint density at radius 3 is 2.55 bits per heavy atom. The lowest BCUT2D eigenvalue weighted by Gasteiger charge is -2.30. The van der Waals surface area contributed by atoms with Gasteiger partial charge < -0.3 is 5.32 Å². The van der Waals surface area contributed by atoms with Gasteiger partial charge in [0, 0.05) is 12.4 Å². The van der Waals surface area contributed by atoms with Gasteiger partial charge in [-0.15, -0.1) is 11.6 Å². The normalized spacial score (nSPS) is 24.1. The summed E-state index contributed by atoms with van der Waals surface area (Å²) >= 11 is 6.04. The molecule has 3 unspecified atom stereocenters. The predicted octanol–water partition coefficient (Wildman–Crippen LogP) is 3.95. The molecular weight excluding hydrogens is 270 g/mol. The standard InChI is InChI=1S/C17H24ClNO/c1-13(14-7-3-2-4-8-14)17(20)19-12-16-10-6-5-9-15(16)11-18/h2-4,7-8,13,15-16H,5-6,9-12H2,1H3,(H,19,20). The summed E-state index contributed by atoms with van der Waals surface area (Å²) in [5.74, 6) is 1.87. The molecular formula is C17H24ClNO. The predicted molar refractivity (Wildman–Crippen MR) is 84.0 cm³/mol. The SMILES string of the molecule is CC(C(=O)NCC1CCCCC1CCl)c1ccccc1. The van der Waals surface area contributed by atoms with E-state index < -0.39 is 0 Å². The molecule has 0 aromatic heterocycles. The number of nitrogens with one attached hydrogen (secondary N) is 1. The van der Waals surface area contributed by atoms with E-state index in [1.165, 1.54) is 25.7 Å². The van der Waals surface area contributed by atoms with Crippen molar-refractivity contribution in [1.82, 2.24) is 5.32 Å². The maximum atomic E-state index is 12.2. The van der Waals surface area contributed by atoms with Crippen molar-refractivity contribution in [2.45, 2.75) is 38.5 Å². The van der Waals surface area contributed by atoms with Crippen molar-refractivity contribution in [2.24, 2.45) is 11.8 Å². The lowest BCUT2D eigenvalue weighted by atomic mass is 9.80. The molecule has 0 radical (unpaired) electrons. The van der Waals surface area contributed by atoms with Gasteiger partial charge in [0.1, 0.15) is 0 Å². The molecule has 1 amide bonds. The number of hydrogen-bond donors (Lipinski definition) is 1. The number of halogens is 1. The lowest BCUT2D eigenvalue weighted by molar-refractivity contribution is -0.122. The number of alkyl halides is 1. The van der Waals surface area contributed by atoms with Crippen LogP contribution in [0.5, 0.6) is 0 Å². The first kappa shape index (κ1) is 15.4. The number of hydrogen-bond acceptors (Lipinski definition) is 1. The van der Waals surface area contributed by atoms with E-state index >= 15 is 0 Å². The molecule has 20 heavy (non-hydrogen) atoms. The maximum Gasteiger partial charge on any atom is 0.227 e.